The molecule has 21 heavy (non-hydrogen) atoms. The summed E-state index contributed by atoms with van der Waals surface area (Å²) in [4.78, 5) is 23.7. The van der Waals surface area contributed by atoms with Crippen LogP contribution in [0.3, 0.4) is 0 Å². The Labute approximate surface area is 130 Å². The van der Waals surface area contributed by atoms with Crippen molar-refractivity contribution < 1.29 is 18.7 Å². The molecule has 1 aromatic carbocycles. The number of hydrogen-bond donors (Lipinski definition) is 1. The standard InChI is InChI=1S/C15H14BrNO4/c1-9-3-5-11(6-4-9)17-14(18)10(2)20-15(19)12-7-8-13(16)21-12/h3-8,10H,1-2H3,(H,17,18)/t10-/m0/s1. The second-order valence-electron chi connectivity index (χ2n) is 4.51. The fraction of sp³-hybridized carbons (Fsp3) is 0.200. The van der Waals surface area contributed by atoms with Gasteiger partial charge in [0.05, 0.1) is 0 Å². The molecule has 0 bridgehead atoms. The number of benzene rings is 1. The van der Waals surface area contributed by atoms with Gasteiger partial charge in [-0.3, -0.25) is 4.79 Å². The van der Waals surface area contributed by atoms with Crippen LogP contribution in [0.1, 0.15) is 23.0 Å². The summed E-state index contributed by atoms with van der Waals surface area (Å²) >= 11 is 3.09. The zero-order chi connectivity index (χ0) is 15.4. The van der Waals surface area contributed by atoms with Gasteiger partial charge in [0.2, 0.25) is 5.76 Å². The molecule has 1 atom stereocenters. The maximum absolute atomic E-state index is 11.9. The SMILES string of the molecule is Cc1ccc(NC(=O)[C@H](C)OC(=O)c2ccc(Br)o2)cc1. The third-order valence-corrected chi connectivity index (χ3v) is 3.17. The Morgan fingerprint density at radius 3 is 2.43 bits per heavy atom. The summed E-state index contributed by atoms with van der Waals surface area (Å²) in [5.74, 6) is -1.05. The number of amides is 1. The molecule has 0 radical (unpaired) electrons. The minimum Gasteiger partial charge on any atom is -0.447 e. The van der Waals surface area contributed by atoms with Crippen LogP contribution >= 0.6 is 15.9 Å². The molecule has 110 valence electrons. The van der Waals surface area contributed by atoms with Crippen LogP contribution < -0.4 is 5.32 Å². The predicted molar refractivity (Wildman–Crippen MR) is 81.1 cm³/mol. The Morgan fingerprint density at radius 1 is 1.19 bits per heavy atom. The molecule has 1 heterocycles. The Bertz CT molecular complexity index is 648. The third-order valence-electron chi connectivity index (χ3n) is 2.75. The molecule has 0 saturated carbocycles. The zero-order valence-electron chi connectivity index (χ0n) is 11.6. The first kappa shape index (κ1) is 15.3. The highest BCUT2D eigenvalue weighted by Crippen LogP contribution is 2.16. The maximum Gasteiger partial charge on any atom is 0.375 e. The van der Waals surface area contributed by atoms with E-state index >= 15 is 0 Å². The van der Waals surface area contributed by atoms with Gasteiger partial charge in [-0.1, -0.05) is 17.7 Å². The Morgan fingerprint density at radius 2 is 1.86 bits per heavy atom. The normalized spacial score (nSPS) is 11.8. The van der Waals surface area contributed by atoms with Crippen molar-refractivity contribution in [1.29, 1.82) is 0 Å². The molecule has 2 rings (SSSR count). The summed E-state index contributed by atoms with van der Waals surface area (Å²) in [5, 5.41) is 2.67. The second kappa shape index (κ2) is 6.58. The molecule has 5 nitrogen and oxygen atoms in total. The summed E-state index contributed by atoms with van der Waals surface area (Å²) < 4.78 is 10.5. The van der Waals surface area contributed by atoms with Crippen molar-refractivity contribution >= 4 is 33.5 Å². The van der Waals surface area contributed by atoms with Gasteiger partial charge in [0.25, 0.3) is 5.91 Å². The lowest BCUT2D eigenvalue weighted by molar-refractivity contribution is -0.123. The van der Waals surface area contributed by atoms with E-state index in [1.165, 1.54) is 13.0 Å². The van der Waals surface area contributed by atoms with Crippen molar-refractivity contribution in [2.24, 2.45) is 0 Å². The van der Waals surface area contributed by atoms with Gasteiger partial charge in [0, 0.05) is 5.69 Å². The van der Waals surface area contributed by atoms with Gasteiger partial charge in [-0.25, -0.2) is 4.79 Å². The fourth-order valence-corrected chi connectivity index (χ4v) is 1.88. The van der Waals surface area contributed by atoms with E-state index in [-0.39, 0.29) is 5.76 Å². The quantitative estimate of drug-likeness (QED) is 0.855. The number of carbonyl (C=O) groups excluding carboxylic acids is 2. The lowest BCUT2D eigenvalue weighted by Crippen LogP contribution is -2.29. The first-order valence-electron chi connectivity index (χ1n) is 6.29. The van der Waals surface area contributed by atoms with Gasteiger partial charge in [-0.2, -0.15) is 0 Å². The number of ether oxygens (including phenoxy) is 1. The Hall–Kier alpha value is -2.08. The largest absolute Gasteiger partial charge is 0.447 e. The molecule has 0 spiro atoms. The molecule has 0 aliphatic rings. The van der Waals surface area contributed by atoms with Crippen molar-refractivity contribution in [3.05, 3.63) is 52.4 Å². The summed E-state index contributed by atoms with van der Waals surface area (Å²) in [6.07, 6.45) is -0.928. The molecule has 1 amide bonds. The number of esters is 1. The van der Waals surface area contributed by atoms with Crippen LogP contribution in [0.25, 0.3) is 0 Å². The van der Waals surface area contributed by atoms with E-state index in [2.05, 4.69) is 21.2 Å². The van der Waals surface area contributed by atoms with Crippen LogP contribution in [0, 0.1) is 6.92 Å². The number of rotatable bonds is 4. The molecule has 0 fully saturated rings. The number of aryl methyl sites for hydroxylation is 1. The van der Waals surface area contributed by atoms with Gasteiger partial charge in [-0.15, -0.1) is 0 Å². The number of hydrogen-bond acceptors (Lipinski definition) is 4. The van der Waals surface area contributed by atoms with Crippen LogP contribution in [-0.2, 0) is 9.53 Å². The van der Waals surface area contributed by atoms with Gasteiger partial charge in [0.15, 0.2) is 10.8 Å². The molecule has 1 aromatic heterocycles. The van der Waals surface area contributed by atoms with E-state index in [9.17, 15) is 9.59 Å². The maximum atomic E-state index is 11.9. The van der Waals surface area contributed by atoms with Crippen molar-refractivity contribution in [2.45, 2.75) is 20.0 Å². The second-order valence-corrected chi connectivity index (χ2v) is 5.29. The fourth-order valence-electron chi connectivity index (χ4n) is 1.58. The van der Waals surface area contributed by atoms with Crippen LogP contribution in [0.4, 0.5) is 5.69 Å². The van der Waals surface area contributed by atoms with E-state index in [4.69, 9.17) is 9.15 Å². The monoisotopic (exact) mass is 351 g/mol. The molecular weight excluding hydrogens is 338 g/mol. The van der Waals surface area contributed by atoms with E-state index in [0.717, 1.165) is 5.56 Å². The molecule has 0 aliphatic heterocycles. The van der Waals surface area contributed by atoms with Gasteiger partial charge in [0.1, 0.15) is 0 Å². The zero-order valence-corrected chi connectivity index (χ0v) is 13.1. The van der Waals surface area contributed by atoms with E-state index in [1.807, 2.05) is 19.1 Å². The minimum atomic E-state index is -0.928. The highest BCUT2D eigenvalue weighted by molar-refractivity contribution is 9.10. The minimum absolute atomic E-state index is 0.0388. The summed E-state index contributed by atoms with van der Waals surface area (Å²) in [6, 6.07) is 10.4. The number of carbonyl (C=O) groups is 2. The van der Waals surface area contributed by atoms with E-state index in [0.29, 0.717) is 10.4 Å². The smallest absolute Gasteiger partial charge is 0.375 e. The average molecular weight is 352 g/mol. The molecule has 0 saturated heterocycles. The molecule has 1 N–H and O–H groups in total. The van der Waals surface area contributed by atoms with Crippen molar-refractivity contribution in [2.75, 3.05) is 5.32 Å². The Balaban J connectivity index is 1.93. The van der Waals surface area contributed by atoms with E-state index < -0.39 is 18.0 Å². The number of nitrogens with one attached hydrogen (secondary N) is 1. The Kier molecular flexibility index (Phi) is 4.80. The number of anilines is 1. The third kappa shape index (κ3) is 4.19. The predicted octanol–water partition coefficient (Wildman–Crippen LogP) is 3.53. The van der Waals surface area contributed by atoms with Gasteiger partial charge < -0.3 is 14.5 Å². The average Bonchev–Trinajstić information content (AvgIpc) is 2.88. The first-order valence-corrected chi connectivity index (χ1v) is 7.09. The lowest BCUT2D eigenvalue weighted by atomic mass is 10.2. The van der Waals surface area contributed by atoms with Gasteiger partial charge >= 0.3 is 5.97 Å². The molecule has 0 unspecified atom stereocenters. The van der Waals surface area contributed by atoms with Crippen molar-refractivity contribution in [3.8, 4) is 0 Å². The lowest BCUT2D eigenvalue weighted by Gasteiger charge is -2.12. The number of halogens is 1. The highest BCUT2D eigenvalue weighted by atomic mass is 79.9. The molecule has 0 aliphatic carbocycles. The van der Waals surface area contributed by atoms with Gasteiger partial charge in [-0.05, 0) is 54.0 Å². The molecule has 2 aromatic rings. The molecule has 6 heteroatoms. The summed E-state index contributed by atoms with van der Waals surface area (Å²) in [7, 11) is 0. The van der Waals surface area contributed by atoms with Crippen LogP contribution in [0.5, 0.6) is 0 Å². The summed E-state index contributed by atoms with van der Waals surface area (Å²) in [5.41, 5.74) is 1.74. The molecular formula is C15H14BrNO4. The summed E-state index contributed by atoms with van der Waals surface area (Å²) in [6.45, 7) is 3.46. The van der Waals surface area contributed by atoms with Crippen LogP contribution in [0.2, 0.25) is 0 Å². The van der Waals surface area contributed by atoms with Crippen molar-refractivity contribution in [1.82, 2.24) is 0 Å². The topological polar surface area (TPSA) is 68.5 Å². The van der Waals surface area contributed by atoms with Crippen LogP contribution in [-0.4, -0.2) is 18.0 Å². The number of furan rings is 1. The van der Waals surface area contributed by atoms with Crippen molar-refractivity contribution in [3.63, 3.8) is 0 Å². The first-order chi connectivity index (χ1) is 9.95. The van der Waals surface area contributed by atoms with Crippen LogP contribution in [0.15, 0.2) is 45.5 Å². The highest BCUT2D eigenvalue weighted by Gasteiger charge is 2.21. The van der Waals surface area contributed by atoms with E-state index in [1.54, 1.807) is 18.2 Å².